The van der Waals surface area contributed by atoms with Gasteiger partial charge in [0.25, 0.3) is 0 Å². The summed E-state index contributed by atoms with van der Waals surface area (Å²) in [5.41, 5.74) is 0.870. The molecule has 0 aromatic carbocycles. The van der Waals surface area contributed by atoms with Gasteiger partial charge < -0.3 is 10.3 Å². The molecule has 0 atom stereocenters. The maximum Gasteiger partial charge on any atom is 0.245 e. The number of rotatable bonds is 9. The Morgan fingerprint density at radius 3 is 2.90 bits per heavy atom. The molecule has 0 aliphatic heterocycles. The molecule has 1 aromatic heterocycles. The fourth-order valence-electron chi connectivity index (χ4n) is 2.16. The summed E-state index contributed by atoms with van der Waals surface area (Å²) in [7, 11) is -3.50. The first-order valence-electron chi connectivity index (χ1n) is 7.39. The third-order valence-electron chi connectivity index (χ3n) is 3.52. The van der Waals surface area contributed by atoms with Crippen molar-refractivity contribution in [1.29, 1.82) is 0 Å². The van der Waals surface area contributed by atoms with E-state index in [1.165, 1.54) is 4.31 Å². The van der Waals surface area contributed by atoms with Crippen LogP contribution in [0.4, 0.5) is 0 Å². The summed E-state index contributed by atoms with van der Waals surface area (Å²) < 4.78 is 26.7. The fourth-order valence-corrected chi connectivity index (χ4v) is 3.61. The maximum atomic E-state index is 12.6. The van der Waals surface area contributed by atoms with Gasteiger partial charge in [0.15, 0.2) is 0 Å². The van der Waals surface area contributed by atoms with E-state index in [2.05, 4.69) is 23.1 Å². The number of hydrogen-bond donors (Lipinski definition) is 2. The SMILES string of the molecule is C#CCN(CC1CC1)S(=O)(=O)c1c[nH]c(CNCCC)c1. The minimum Gasteiger partial charge on any atom is -0.363 e. The first-order valence-corrected chi connectivity index (χ1v) is 8.83. The fraction of sp³-hybridized carbons (Fsp3) is 0.600. The van der Waals surface area contributed by atoms with Crippen LogP contribution in [-0.2, 0) is 16.6 Å². The summed E-state index contributed by atoms with van der Waals surface area (Å²) in [5.74, 6) is 2.92. The van der Waals surface area contributed by atoms with Crippen LogP contribution in [0.5, 0.6) is 0 Å². The Labute approximate surface area is 127 Å². The van der Waals surface area contributed by atoms with Gasteiger partial charge in [-0.1, -0.05) is 12.8 Å². The molecule has 0 radical (unpaired) electrons. The molecule has 2 N–H and O–H groups in total. The molecule has 116 valence electrons. The quantitative estimate of drug-likeness (QED) is 0.537. The first-order chi connectivity index (χ1) is 10.1. The zero-order chi connectivity index (χ0) is 15.3. The molecule has 5 nitrogen and oxygen atoms in total. The van der Waals surface area contributed by atoms with Crippen LogP contribution in [0, 0.1) is 18.3 Å². The smallest absolute Gasteiger partial charge is 0.245 e. The molecule has 1 aliphatic rings. The summed E-state index contributed by atoms with van der Waals surface area (Å²) in [6.07, 6.45) is 10.1. The largest absolute Gasteiger partial charge is 0.363 e. The molecule has 6 heteroatoms. The molecule has 0 unspecified atom stereocenters. The van der Waals surface area contributed by atoms with Gasteiger partial charge in [0.1, 0.15) is 0 Å². The Kier molecular flexibility index (Phi) is 5.45. The Morgan fingerprint density at radius 1 is 1.52 bits per heavy atom. The van der Waals surface area contributed by atoms with Crippen LogP contribution in [-0.4, -0.2) is 37.3 Å². The van der Waals surface area contributed by atoms with Gasteiger partial charge in [-0.05, 0) is 37.8 Å². The first kappa shape index (κ1) is 16.1. The second kappa shape index (κ2) is 7.12. The lowest BCUT2D eigenvalue weighted by Crippen LogP contribution is -2.33. The molecule has 1 fully saturated rings. The van der Waals surface area contributed by atoms with Crippen LogP contribution >= 0.6 is 0 Å². The minimum atomic E-state index is -3.50. The average molecular weight is 309 g/mol. The van der Waals surface area contributed by atoms with E-state index in [1.807, 2.05) is 0 Å². The normalized spacial score (nSPS) is 15.3. The molecule has 21 heavy (non-hydrogen) atoms. The third kappa shape index (κ3) is 4.34. The molecule has 2 rings (SSSR count). The summed E-state index contributed by atoms with van der Waals surface area (Å²) in [5, 5.41) is 3.24. The van der Waals surface area contributed by atoms with Gasteiger partial charge in [0.2, 0.25) is 10.0 Å². The van der Waals surface area contributed by atoms with Crippen LogP contribution in [0.15, 0.2) is 17.2 Å². The van der Waals surface area contributed by atoms with Crippen molar-refractivity contribution in [3.8, 4) is 12.3 Å². The number of terminal acetylenes is 1. The Bertz CT molecular complexity index is 597. The van der Waals surface area contributed by atoms with Gasteiger partial charge in [-0.3, -0.25) is 0 Å². The van der Waals surface area contributed by atoms with E-state index in [9.17, 15) is 8.42 Å². The molecule has 0 bridgehead atoms. The predicted molar refractivity (Wildman–Crippen MR) is 83.1 cm³/mol. The van der Waals surface area contributed by atoms with Crippen LogP contribution in [0.1, 0.15) is 31.9 Å². The van der Waals surface area contributed by atoms with E-state index in [1.54, 1.807) is 12.3 Å². The van der Waals surface area contributed by atoms with Gasteiger partial charge in [0.05, 0.1) is 11.4 Å². The molecule has 1 aliphatic carbocycles. The Hall–Kier alpha value is -1.29. The zero-order valence-corrected chi connectivity index (χ0v) is 13.2. The molecular weight excluding hydrogens is 286 g/mol. The Morgan fingerprint density at radius 2 is 2.29 bits per heavy atom. The van der Waals surface area contributed by atoms with Crippen LogP contribution in [0.25, 0.3) is 0 Å². The highest BCUT2D eigenvalue weighted by molar-refractivity contribution is 7.89. The topological polar surface area (TPSA) is 65.2 Å². The molecule has 1 saturated carbocycles. The number of nitrogens with zero attached hydrogens (tertiary/aromatic N) is 1. The average Bonchev–Trinajstić information content (AvgIpc) is 3.14. The van der Waals surface area contributed by atoms with Crippen molar-refractivity contribution in [3.63, 3.8) is 0 Å². The van der Waals surface area contributed by atoms with Crippen LogP contribution in [0.2, 0.25) is 0 Å². The van der Waals surface area contributed by atoms with Gasteiger partial charge in [0, 0.05) is 25.0 Å². The second-order valence-corrected chi connectivity index (χ2v) is 7.42. The number of sulfonamides is 1. The number of nitrogens with one attached hydrogen (secondary N) is 2. The van der Waals surface area contributed by atoms with Crippen LogP contribution in [0.3, 0.4) is 0 Å². The maximum absolute atomic E-state index is 12.6. The number of aromatic amines is 1. The van der Waals surface area contributed by atoms with Crippen molar-refractivity contribution in [1.82, 2.24) is 14.6 Å². The highest BCUT2D eigenvalue weighted by Crippen LogP contribution is 2.31. The van der Waals surface area contributed by atoms with E-state index in [0.29, 0.717) is 23.9 Å². The monoisotopic (exact) mass is 309 g/mol. The van der Waals surface area contributed by atoms with E-state index in [0.717, 1.165) is 31.5 Å². The molecule has 1 heterocycles. The van der Waals surface area contributed by atoms with Gasteiger partial charge in [-0.15, -0.1) is 6.42 Å². The lowest BCUT2D eigenvalue weighted by Gasteiger charge is -2.18. The van der Waals surface area contributed by atoms with Gasteiger partial charge >= 0.3 is 0 Å². The zero-order valence-electron chi connectivity index (χ0n) is 12.4. The van der Waals surface area contributed by atoms with E-state index >= 15 is 0 Å². The number of aromatic nitrogens is 1. The van der Waals surface area contributed by atoms with Crippen molar-refractivity contribution in [3.05, 3.63) is 18.0 Å². The summed E-state index contributed by atoms with van der Waals surface area (Å²) in [6, 6.07) is 1.69. The van der Waals surface area contributed by atoms with Gasteiger partial charge in [-0.2, -0.15) is 4.31 Å². The van der Waals surface area contributed by atoms with E-state index in [-0.39, 0.29) is 6.54 Å². The standard InChI is InChI=1S/C15H23N3O2S/c1-3-7-16-10-14-9-15(11-17-14)21(19,20)18(8-4-2)12-13-5-6-13/h2,9,11,13,16-17H,3,5-8,10,12H2,1H3. The highest BCUT2D eigenvalue weighted by Gasteiger charge is 2.31. The molecule has 0 spiro atoms. The van der Waals surface area contributed by atoms with Crippen molar-refractivity contribution in [2.45, 2.75) is 37.6 Å². The molecular formula is C15H23N3O2S. The number of H-pyrrole nitrogens is 1. The predicted octanol–water partition coefficient (Wildman–Crippen LogP) is 1.55. The van der Waals surface area contributed by atoms with Crippen molar-refractivity contribution < 1.29 is 8.42 Å². The lowest BCUT2D eigenvalue weighted by molar-refractivity contribution is 0.430. The van der Waals surface area contributed by atoms with E-state index in [4.69, 9.17) is 6.42 Å². The summed E-state index contributed by atoms with van der Waals surface area (Å²) >= 11 is 0. The molecule has 0 saturated heterocycles. The lowest BCUT2D eigenvalue weighted by atomic mass is 10.4. The summed E-state index contributed by atoms with van der Waals surface area (Å²) in [4.78, 5) is 3.31. The van der Waals surface area contributed by atoms with Gasteiger partial charge in [-0.25, -0.2) is 8.42 Å². The van der Waals surface area contributed by atoms with Crippen molar-refractivity contribution in [2.75, 3.05) is 19.6 Å². The van der Waals surface area contributed by atoms with E-state index < -0.39 is 10.0 Å². The summed E-state index contributed by atoms with van der Waals surface area (Å²) in [6.45, 7) is 4.30. The molecule has 0 amide bonds. The number of hydrogen-bond acceptors (Lipinski definition) is 3. The van der Waals surface area contributed by atoms with Crippen LogP contribution < -0.4 is 5.32 Å². The van der Waals surface area contributed by atoms with Crippen molar-refractivity contribution >= 4 is 10.0 Å². The minimum absolute atomic E-state index is 0.132. The Balaban J connectivity index is 2.07. The second-order valence-electron chi connectivity index (χ2n) is 5.48. The van der Waals surface area contributed by atoms with Crippen molar-refractivity contribution in [2.24, 2.45) is 5.92 Å². The highest BCUT2D eigenvalue weighted by atomic mass is 32.2. The third-order valence-corrected chi connectivity index (χ3v) is 5.31. The molecule has 1 aromatic rings.